The van der Waals surface area contributed by atoms with E-state index in [-0.39, 0.29) is 6.42 Å². The lowest BCUT2D eigenvalue weighted by atomic mass is 9.99. The fraction of sp³-hybridized carbons (Fsp3) is 0.308. The van der Waals surface area contributed by atoms with Crippen molar-refractivity contribution in [2.45, 2.75) is 48.9 Å². The first-order valence-electron chi connectivity index (χ1n) is 11.1. The van der Waals surface area contributed by atoms with E-state index >= 15 is 0 Å². The van der Waals surface area contributed by atoms with Crippen molar-refractivity contribution in [1.29, 1.82) is 0 Å². The van der Waals surface area contributed by atoms with E-state index in [1.54, 1.807) is 24.8 Å². The van der Waals surface area contributed by atoms with Gasteiger partial charge in [0, 0.05) is 4.90 Å². The standard InChI is InChI=1S/C26H25FO8S/c1-12-17(9-13-3-6-15(36-2)7-4-13)16-8-5-14(27)10-19(16)18(12)11-20(28)34-26-23(31)21(29)22(30)24(35-26)25(32)33/h3-10,21-24,26,29-31H,11H2,1-2H3,(H,32,33)/b17-9+. The Morgan fingerprint density at radius 2 is 1.75 bits per heavy atom. The zero-order valence-electron chi connectivity index (χ0n) is 19.4. The molecular weight excluding hydrogens is 491 g/mol. The van der Waals surface area contributed by atoms with Gasteiger partial charge in [0.15, 0.2) is 6.10 Å². The molecule has 0 bridgehead atoms. The molecule has 1 saturated heterocycles. The van der Waals surface area contributed by atoms with Gasteiger partial charge in [0.25, 0.3) is 0 Å². The van der Waals surface area contributed by atoms with E-state index in [1.165, 1.54) is 12.1 Å². The number of thioether (sulfide) groups is 1. The van der Waals surface area contributed by atoms with Crippen molar-refractivity contribution in [2.75, 3.05) is 6.26 Å². The highest BCUT2D eigenvalue weighted by atomic mass is 32.2. The van der Waals surface area contributed by atoms with Gasteiger partial charge >= 0.3 is 11.9 Å². The van der Waals surface area contributed by atoms with Crippen LogP contribution in [0.15, 0.2) is 52.9 Å². The number of hydrogen-bond acceptors (Lipinski definition) is 8. The number of aliphatic hydroxyl groups is 3. The Kier molecular flexibility index (Phi) is 7.62. The van der Waals surface area contributed by atoms with Crippen LogP contribution in [0, 0.1) is 5.82 Å². The second-order valence-electron chi connectivity index (χ2n) is 8.53. The molecule has 0 saturated carbocycles. The van der Waals surface area contributed by atoms with Gasteiger partial charge in [0.1, 0.15) is 24.1 Å². The largest absolute Gasteiger partial charge is 0.479 e. The van der Waals surface area contributed by atoms with Crippen LogP contribution in [0.1, 0.15) is 30.0 Å². The van der Waals surface area contributed by atoms with Crippen LogP contribution < -0.4 is 0 Å². The minimum atomic E-state index is -1.90. The van der Waals surface area contributed by atoms with Gasteiger partial charge in [-0.25, -0.2) is 9.18 Å². The molecule has 8 nitrogen and oxygen atoms in total. The van der Waals surface area contributed by atoms with Crippen LogP contribution in [0.3, 0.4) is 0 Å². The number of carboxylic acids is 1. The molecule has 0 spiro atoms. The average molecular weight is 517 g/mol. The van der Waals surface area contributed by atoms with Gasteiger partial charge < -0.3 is 29.9 Å². The fourth-order valence-corrected chi connectivity index (χ4v) is 4.72. The van der Waals surface area contributed by atoms with Crippen molar-refractivity contribution in [3.8, 4) is 0 Å². The first-order valence-corrected chi connectivity index (χ1v) is 12.3. The third kappa shape index (κ3) is 5.09. The summed E-state index contributed by atoms with van der Waals surface area (Å²) >= 11 is 1.62. The highest BCUT2D eigenvalue weighted by Crippen LogP contribution is 2.44. The van der Waals surface area contributed by atoms with E-state index in [1.807, 2.05) is 36.6 Å². The van der Waals surface area contributed by atoms with E-state index in [0.29, 0.717) is 11.1 Å². The number of hydrogen-bond donors (Lipinski definition) is 4. The number of halogens is 1. The smallest absolute Gasteiger partial charge is 0.335 e. The summed E-state index contributed by atoms with van der Waals surface area (Å²) in [4.78, 5) is 25.2. The molecule has 0 aromatic heterocycles. The highest BCUT2D eigenvalue weighted by Gasteiger charge is 2.48. The van der Waals surface area contributed by atoms with Crippen molar-refractivity contribution < 1.29 is 43.9 Å². The third-order valence-corrected chi connectivity index (χ3v) is 7.01. The second-order valence-corrected chi connectivity index (χ2v) is 9.41. The molecule has 1 aliphatic heterocycles. The lowest BCUT2D eigenvalue weighted by Gasteiger charge is -2.38. The molecule has 10 heteroatoms. The van der Waals surface area contributed by atoms with Gasteiger partial charge in [-0.2, -0.15) is 0 Å². The number of aliphatic hydroxyl groups excluding tert-OH is 3. The molecule has 5 atom stereocenters. The number of carbonyl (C=O) groups is 2. The monoisotopic (exact) mass is 516 g/mol. The molecule has 4 N–H and O–H groups in total. The molecule has 0 amide bonds. The number of carboxylic acid groups (broad SMARTS) is 1. The van der Waals surface area contributed by atoms with E-state index in [4.69, 9.17) is 9.47 Å². The van der Waals surface area contributed by atoms with Gasteiger partial charge in [-0.3, -0.25) is 4.79 Å². The van der Waals surface area contributed by atoms with E-state index < -0.39 is 48.5 Å². The number of rotatable bonds is 6. The number of allylic oxidation sites excluding steroid dienone is 2. The maximum Gasteiger partial charge on any atom is 0.335 e. The molecule has 36 heavy (non-hydrogen) atoms. The van der Waals surface area contributed by atoms with Gasteiger partial charge in [-0.05, 0) is 76.9 Å². The van der Waals surface area contributed by atoms with Crippen LogP contribution in [0.25, 0.3) is 17.2 Å². The summed E-state index contributed by atoms with van der Waals surface area (Å²) in [6, 6.07) is 12.2. The molecule has 1 heterocycles. The Morgan fingerprint density at radius 3 is 2.39 bits per heavy atom. The molecule has 190 valence electrons. The van der Waals surface area contributed by atoms with E-state index in [2.05, 4.69) is 0 Å². The average Bonchev–Trinajstić information content (AvgIpc) is 3.09. The van der Waals surface area contributed by atoms with Crippen molar-refractivity contribution >= 4 is 40.9 Å². The summed E-state index contributed by atoms with van der Waals surface area (Å²) < 4.78 is 24.3. The Morgan fingerprint density at radius 1 is 1.06 bits per heavy atom. The number of aliphatic carboxylic acids is 1. The predicted molar refractivity (Wildman–Crippen MR) is 130 cm³/mol. The van der Waals surface area contributed by atoms with E-state index in [9.17, 15) is 34.4 Å². The maximum absolute atomic E-state index is 14.1. The first kappa shape index (κ1) is 26.1. The lowest BCUT2D eigenvalue weighted by Crippen LogP contribution is -2.60. The van der Waals surface area contributed by atoms with Crippen LogP contribution in [0.5, 0.6) is 0 Å². The minimum absolute atomic E-state index is 0.325. The highest BCUT2D eigenvalue weighted by molar-refractivity contribution is 7.98. The zero-order chi connectivity index (χ0) is 26.1. The van der Waals surface area contributed by atoms with Crippen LogP contribution in [0.2, 0.25) is 0 Å². The zero-order valence-corrected chi connectivity index (χ0v) is 20.2. The minimum Gasteiger partial charge on any atom is -0.479 e. The number of fused-ring (bicyclic) bond motifs is 1. The third-order valence-electron chi connectivity index (χ3n) is 6.26. The molecule has 1 fully saturated rings. The Hall–Kier alpha value is -3.02. The Bertz CT molecular complexity index is 1240. The second kappa shape index (κ2) is 10.5. The summed E-state index contributed by atoms with van der Waals surface area (Å²) in [5.41, 5.74) is 4.22. The number of benzene rings is 2. The van der Waals surface area contributed by atoms with Crippen LogP contribution in [-0.2, 0) is 19.1 Å². The van der Waals surface area contributed by atoms with Crippen LogP contribution >= 0.6 is 11.8 Å². The summed E-state index contributed by atoms with van der Waals surface area (Å²) in [6.45, 7) is 1.80. The number of esters is 1. The van der Waals surface area contributed by atoms with Crippen LogP contribution in [-0.4, -0.2) is 69.3 Å². The quantitative estimate of drug-likeness (QED) is 0.338. The Balaban J connectivity index is 1.60. The maximum atomic E-state index is 14.1. The molecule has 0 radical (unpaired) electrons. The van der Waals surface area contributed by atoms with Crippen molar-refractivity contribution in [3.63, 3.8) is 0 Å². The van der Waals surface area contributed by atoms with E-state index in [0.717, 1.165) is 27.2 Å². The first-order chi connectivity index (χ1) is 17.1. The van der Waals surface area contributed by atoms with Gasteiger partial charge in [-0.15, -0.1) is 11.8 Å². The summed E-state index contributed by atoms with van der Waals surface area (Å²) in [5.74, 6) is -2.96. The number of carbonyl (C=O) groups excluding carboxylic acids is 1. The normalized spacial score (nSPS) is 26.7. The summed E-state index contributed by atoms with van der Waals surface area (Å²) in [5, 5.41) is 39.1. The molecule has 5 unspecified atom stereocenters. The van der Waals surface area contributed by atoms with Crippen LogP contribution in [0.4, 0.5) is 4.39 Å². The molecule has 2 aromatic carbocycles. The number of ether oxygens (including phenoxy) is 2. The summed E-state index contributed by atoms with van der Waals surface area (Å²) in [7, 11) is 0. The van der Waals surface area contributed by atoms with Gasteiger partial charge in [0.2, 0.25) is 6.29 Å². The van der Waals surface area contributed by atoms with Gasteiger partial charge in [0.05, 0.1) is 6.42 Å². The SMILES string of the molecule is CSc1ccc(/C=C2\C(C)=C(CC(=O)OC3OC(C(=O)O)C(O)C(O)C3O)c3cc(F)ccc32)cc1. The molecular formula is C26H25FO8S. The fourth-order valence-electron chi connectivity index (χ4n) is 4.31. The van der Waals surface area contributed by atoms with Crippen molar-refractivity contribution in [1.82, 2.24) is 0 Å². The molecule has 2 aromatic rings. The topological polar surface area (TPSA) is 134 Å². The predicted octanol–water partition coefficient (Wildman–Crippen LogP) is 2.70. The lowest BCUT2D eigenvalue weighted by molar-refractivity contribution is -0.286. The molecule has 4 rings (SSSR count). The van der Waals surface area contributed by atoms with Crippen molar-refractivity contribution in [2.24, 2.45) is 0 Å². The summed E-state index contributed by atoms with van der Waals surface area (Å²) in [6.07, 6.45) is -5.76. The Labute approximate surface area is 210 Å². The molecule has 2 aliphatic rings. The molecule has 1 aliphatic carbocycles. The van der Waals surface area contributed by atoms with Crippen molar-refractivity contribution in [3.05, 3.63) is 70.5 Å². The van der Waals surface area contributed by atoms with Gasteiger partial charge in [-0.1, -0.05) is 18.2 Å².